The van der Waals surface area contributed by atoms with Gasteiger partial charge in [-0.15, -0.1) is 0 Å². The highest BCUT2D eigenvalue weighted by molar-refractivity contribution is 5.74. The second kappa shape index (κ2) is 3.56. The average molecular weight is 154 g/mol. The number of hydrogen-bond donors (Lipinski definition) is 0. The van der Waals surface area contributed by atoms with Gasteiger partial charge in [0.2, 0.25) is 0 Å². The van der Waals surface area contributed by atoms with Crippen LogP contribution in [-0.2, 0) is 9.53 Å². The normalized spacial score (nSPS) is 15.8. The lowest BCUT2D eigenvalue weighted by atomic mass is 10.3. The second-order valence-electron chi connectivity index (χ2n) is 3.19. The van der Waals surface area contributed by atoms with Gasteiger partial charge in [0.15, 0.2) is 0 Å². The zero-order chi connectivity index (χ0) is 8.27. The molecule has 2 nitrogen and oxygen atoms in total. The molecule has 0 radical (unpaired) electrons. The van der Waals surface area contributed by atoms with E-state index in [9.17, 15) is 4.79 Å². The van der Waals surface area contributed by atoms with Crippen molar-refractivity contribution in [2.45, 2.75) is 26.7 Å². The zero-order valence-corrected chi connectivity index (χ0v) is 7.09. The molecule has 0 aromatic carbocycles. The first-order valence-electron chi connectivity index (χ1n) is 4.00. The SMILES string of the molecule is CC(C)=CCOC(=O)C1CC1. The molecule has 62 valence electrons. The summed E-state index contributed by atoms with van der Waals surface area (Å²) in [5, 5.41) is 0. The molecule has 1 saturated carbocycles. The van der Waals surface area contributed by atoms with Crippen molar-refractivity contribution < 1.29 is 9.53 Å². The largest absolute Gasteiger partial charge is 0.461 e. The molecule has 0 saturated heterocycles. The number of esters is 1. The molecule has 1 aliphatic carbocycles. The maximum absolute atomic E-state index is 10.9. The van der Waals surface area contributed by atoms with E-state index in [1.165, 1.54) is 5.57 Å². The summed E-state index contributed by atoms with van der Waals surface area (Å²) in [7, 11) is 0. The molecule has 0 aromatic heterocycles. The summed E-state index contributed by atoms with van der Waals surface area (Å²) in [5.41, 5.74) is 1.19. The maximum atomic E-state index is 10.9. The predicted molar refractivity (Wildman–Crippen MR) is 43.1 cm³/mol. The van der Waals surface area contributed by atoms with Gasteiger partial charge in [-0.2, -0.15) is 0 Å². The highest BCUT2D eigenvalue weighted by Gasteiger charge is 2.30. The summed E-state index contributed by atoms with van der Waals surface area (Å²) in [6.07, 6.45) is 3.96. The van der Waals surface area contributed by atoms with Gasteiger partial charge in [-0.05, 0) is 32.8 Å². The van der Waals surface area contributed by atoms with Gasteiger partial charge in [0.25, 0.3) is 0 Å². The Labute approximate surface area is 67.2 Å². The van der Waals surface area contributed by atoms with E-state index in [1.807, 2.05) is 19.9 Å². The highest BCUT2D eigenvalue weighted by Crippen LogP contribution is 2.29. The van der Waals surface area contributed by atoms with Crippen molar-refractivity contribution in [3.8, 4) is 0 Å². The van der Waals surface area contributed by atoms with Crippen LogP contribution in [0.4, 0.5) is 0 Å². The molecule has 11 heavy (non-hydrogen) atoms. The quantitative estimate of drug-likeness (QED) is 0.458. The number of ether oxygens (including phenoxy) is 1. The Bertz CT molecular complexity index is 174. The molecule has 1 rings (SSSR count). The number of rotatable bonds is 3. The molecule has 1 aliphatic rings. The van der Waals surface area contributed by atoms with Crippen LogP contribution >= 0.6 is 0 Å². The smallest absolute Gasteiger partial charge is 0.309 e. The van der Waals surface area contributed by atoms with E-state index in [0.29, 0.717) is 6.61 Å². The topological polar surface area (TPSA) is 26.3 Å². The minimum Gasteiger partial charge on any atom is -0.461 e. The Hall–Kier alpha value is -0.790. The first-order chi connectivity index (χ1) is 5.20. The van der Waals surface area contributed by atoms with Crippen LogP contribution in [0.5, 0.6) is 0 Å². The number of carbonyl (C=O) groups is 1. The van der Waals surface area contributed by atoms with Gasteiger partial charge in [0, 0.05) is 0 Å². The summed E-state index contributed by atoms with van der Waals surface area (Å²) in [6, 6.07) is 0. The molecule has 0 amide bonds. The van der Waals surface area contributed by atoms with Gasteiger partial charge >= 0.3 is 5.97 Å². The molecule has 1 fully saturated rings. The van der Waals surface area contributed by atoms with E-state index in [4.69, 9.17) is 4.74 Å². The van der Waals surface area contributed by atoms with Crippen LogP contribution in [0.1, 0.15) is 26.7 Å². The summed E-state index contributed by atoms with van der Waals surface area (Å²) >= 11 is 0. The molecule has 0 unspecified atom stereocenters. The third-order valence-corrected chi connectivity index (χ3v) is 1.63. The summed E-state index contributed by atoms with van der Waals surface area (Å²) in [4.78, 5) is 10.9. The van der Waals surface area contributed by atoms with Gasteiger partial charge in [-0.25, -0.2) is 0 Å². The third-order valence-electron chi connectivity index (χ3n) is 1.63. The van der Waals surface area contributed by atoms with Gasteiger partial charge < -0.3 is 4.74 Å². The molecule has 0 aliphatic heterocycles. The minimum atomic E-state index is -0.0255. The first-order valence-corrected chi connectivity index (χ1v) is 4.00. The van der Waals surface area contributed by atoms with E-state index >= 15 is 0 Å². The Kier molecular flexibility index (Phi) is 2.69. The Balaban J connectivity index is 2.11. The molecule has 0 N–H and O–H groups in total. The number of allylic oxidation sites excluding steroid dienone is 1. The van der Waals surface area contributed by atoms with Crippen molar-refractivity contribution in [1.82, 2.24) is 0 Å². The average Bonchev–Trinajstić information content (AvgIpc) is 2.66. The van der Waals surface area contributed by atoms with Gasteiger partial charge in [-0.1, -0.05) is 5.57 Å². The fourth-order valence-corrected chi connectivity index (χ4v) is 0.727. The predicted octanol–water partition coefficient (Wildman–Crippen LogP) is 1.91. The van der Waals surface area contributed by atoms with Crippen molar-refractivity contribution in [2.24, 2.45) is 5.92 Å². The molecular formula is C9H14O2. The van der Waals surface area contributed by atoms with Crippen LogP contribution < -0.4 is 0 Å². The number of carbonyl (C=O) groups excluding carboxylic acids is 1. The van der Waals surface area contributed by atoms with Gasteiger partial charge in [-0.3, -0.25) is 4.79 Å². The number of hydrogen-bond acceptors (Lipinski definition) is 2. The van der Waals surface area contributed by atoms with Crippen molar-refractivity contribution >= 4 is 5.97 Å². The van der Waals surface area contributed by atoms with Crippen LogP contribution in [-0.4, -0.2) is 12.6 Å². The second-order valence-corrected chi connectivity index (χ2v) is 3.19. The van der Waals surface area contributed by atoms with Crippen molar-refractivity contribution in [3.63, 3.8) is 0 Å². The van der Waals surface area contributed by atoms with Crippen molar-refractivity contribution in [2.75, 3.05) is 6.61 Å². The monoisotopic (exact) mass is 154 g/mol. The van der Waals surface area contributed by atoms with Crippen LogP contribution in [0.2, 0.25) is 0 Å². The van der Waals surface area contributed by atoms with E-state index in [-0.39, 0.29) is 11.9 Å². The standard InChI is InChI=1S/C9H14O2/c1-7(2)5-6-11-9(10)8-3-4-8/h5,8H,3-4,6H2,1-2H3. The Morgan fingerprint density at radius 3 is 2.64 bits per heavy atom. The Morgan fingerprint density at radius 2 is 2.18 bits per heavy atom. The van der Waals surface area contributed by atoms with E-state index in [2.05, 4.69) is 0 Å². The lowest BCUT2D eigenvalue weighted by molar-refractivity contribution is -0.143. The summed E-state index contributed by atoms with van der Waals surface area (Å²) in [5.74, 6) is 0.197. The molecule has 2 heteroatoms. The van der Waals surface area contributed by atoms with Gasteiger partial charge in [0.05, 0.1) is 5.92 Å². The summed E-state index contributed by atoms with van der Waals surface area (Å²) in [6.45, 7) is 4.42. The molecule has 0 atom stereocenters. The van der Waals surface area contributed by atoms with E-state index < -0.39 is 0 Å². The third kappa shape index (κ3) is 3.21. The van der Waals surface area contributed by atoms with Crippen molar-refractivity contribution in [1.29, 1.82) is 0 Å². The fraction of sp³-hybridized carbons (Fsp3) is 0.667. The molecule has 0 spiro atoms. The lowest BCUT2D eigenvalue weighted by Gasteiger charge is -1.98. The van der Waals surface area contributed by atoms with Crippen LogP contribution in [0.15, 0.2) is 11.6 Å². The minimum absolute atomic E-state index is 0.0255. The van der Waals surface area contributed by atoms with Crippen LogP contribution in [0.3, 0.4) is 0 Å². The molecule has 0 aromatic rings. The van der Waals surface area contributed by atoms with Crippen LogP contribution in [0, 0.1) is 5.92 Å². The van der Waals surface area contributed by atoms with Gasteiger partial charge in [0.1, 0.15) is 6.61 Å². The first kappa shape index (κ1) is 8.31. The van der Waals surface area contributed by atoms with Crippen molar-refractivity contribution in [3.05, 3.63) is 11.6 Å². The summed E-state index contributed by atoms with van der Waals surface area (Å²) < 4.78 is 4.96. The lowest BCUT2D eigenvalue weighted by Crippen LogP contribution is -2.06. The molecule has 0 bridgehead atoms. The Morgan fingerprint density at radius 1 is 1.55 bits per heavy atom. The molecular weight excluding hydrogens is 140 g/mol. The molecule has 0 heterocycles. The highest BCUT2D eigenvalue weighted by atomic mass is 16.5. The fourth-order valence-electron chi connectivity index (χ4n) is 0.727. The zero-order valence-electron chi connectivity index (χ0n) is 7.09. The van der Waals surface area contributed by atoms with E-state index in [1.54, 1.807) is 0 Å². The van der Waals surface area contributed by atoms with Crippen LogP contribution in [0.25, 0.3) is 0 Å². The maximum Gasteiger partial charge on any atom is 0.309 e. The van der Waals surface area contributed by atoms with E-state index in [0.717, 1.165) is 12.8 Å².